The average molecular weight is 509 g/mol. The number of carbonyl (C=O) groups is 3. The van der Waals surface area contributed by atoms with E-state index in [1.165, 1.54) is 11.0 Å². The second-order valence-corrected chi connectivity index (χ2v) is 8.54. The summed E-state index contributed by atoms with van der Waals surface area (Å²) in [5, 5.41) is 7.96. The van der Waals surface area contributed by atoms with Gasteiger partial charge in [-0.15, -0.1) is 12.4 Å². The lowest BCUT2D eigenvalue weighted by atomic mass is 9.96. The number of fused-ring (bicyclic) bond motifs is 1. The number of likely N-dealkylation sites (N-methyl/N-ethyl adjacent to an activating group) is 1. The Morgan fingerprint density at radius 1 is 1.06 bits per heavy atom. The summed E-state index contributed by atoms with van der Waals surface area (Å²) in [5.41, 5.74) is 0.754. The van der Waals surface area contributed by atoms with Crippen LogP contribution in [0.5, 0.6) is 0 Å². The van der Waals surface area contributed by atoms with Crippen molar-refractivity contribution in [3.05, 3.63) is 65.2 Å². The smallest absolute Gasteiger partial charge is 0.252 e. The lowest BCUT2D eigenvalue weighted by molar-refractivity contribution is -0.143. The molecule has 0 bridgehead atoms. The van der Waals surface area contributed by atoms with Crippen molar-refractivity contribution in [3.8, 4) is 0 Å². The number of para-hydroxylation sites is 1. The van der Waals surface area contributed by atoms with Crippen molar-refractivity contribution in [2.24, 2.45) is 5.92 Å². The van der Waals surface area contributed by atoms with Gasteiger partial charge < -0.3 is 20.9 Å². The molecule has 0 aromatic heterocycles. The van der Waals surface area contributed by atoms with Crippen molar-refractivity contribution in [3.63, 3.8) is 0 Å². The number of hydrogen-bond donors (Lipinski definition) is 3. The zero-order chi connectivity index (χ0) is 25.0. The van der Waals surface area contributed by atoms with Crippen LogP contribution in [0, 0.1) is 17.6 Å². The van der Waals surface area contributed by atoms with Crippen LogP contribution < -0.4 is 16.0 Å². The van der Waals surface area contributed by atoms with E-state index < -0.39 is 47.3 Å². The number of nitrogens with zero attached hydrogens (tertiary/aromatic N) is 1. The number of nitrogens with one attached hydrogen (secondary N) is 3. The van der Waals surface area contributed by atoms with Gasteiger partial charge in [-0.2, -0.15) is 0 Å². The van der Waals surface area contributed by atoms with E-state index >= 15 is 0 Å². The Kier molecular flexibility index (Phi) is 9.73. The summed E-state index contributed by atoms with van der Waals surface area (Å²) in [5.74, 6) is -3.55. The van der Waals surface area contributed by atoms with Crippen LogP contribution in [0.4, 0.5) is 14.5 Å². The molecule has 2 aromatic rings. The highest BCUT2D eigenvalue weighted by atomic mass is 35.5. The fourth-order valence-corrected chi connectivity index (χ4v) is 3.96. The summed E-state index contributed by atoms with van der Waals surface area (Å²) < 4.78 is 28.4. The van der Waals surface area contributed by atoms with Crippen LogP contribution in [0.2, 0.25) is 0 Å². The molecule has 0 saturated carbocycles. The predicted octanol–water partition coefficient (Wildman–Crippen LogP) is 3.55. The van der Waals surface area contributed by atoms with Crippen LogP contribution in [-0.2, 0) is 20.9 Å². The number of carbonyl (C=O) groups excluding carboxylic acids is 3. The zero-order valence-electron chi connectivity index (χ0n) is 20.1. The number of anilines is 1. The third kappa shape index (κ3) is 5.97. The van der Waals surface area contributed by atoms with Gasteiger partial charge >= 0.3 is 0 Å². The molecule has 0 unspecified atom stereocenters. The Labute approximate surface area is 210 Å². The van der Waals surface area contributed by atoms with Crippen LogP contribution in [0.25, 0.3) is 0 Å². The minimum absolute atomic E-state index is 0. The molecule has 1 heterocycles. The van der Waals surface area contributed by atoms with E-state index in [9.17, 15) is 23.2 Å². The van der Waals surface area contributed by atoms with Gasteiger partial charge in [-0.25, -0.2) is 8.78 Å². The Morgan fingerprint density at radius 2 is 1.69 bits per heavy atom. The third-order valence-electron chi connectivity index (χ3n) is 6.35. The number of rotatable bonds is 8. The summed E-state index contributed by atoms with van der Waals surface area (Å²) in [7, 11) is 1.64. The molecule has 10 heteroatoms. The average Bonchev–Trinajstić information content (AvgIpc) is 3.23. The number of halogens is 3. The second-order valence-electron chi connectivity index (χ2n) is 8.54. The second kappa shape index (κ2) is 12.1. The molecule has 0 aliphatic carbocycles. The van der Waals surface area contributed by atoms with Crippen molar-refractivity contribution >= 4 is 35.8 Å². The first-order valence-corrected chi connectivity index (χ1v) is 11.3. The van der Waals surface area contributed by atoms with Crippen LogP contribution >= 0.6 is 12.4 Å². The van der Waals surface area contributed by atoms with Gasteiger partial charge in [0.1, 0.15) is 29.4 Å². The van der Waals surface area contributed by atoms with Crippen LogP contribution in [-0.4, -0.2) is 41.8 Å². The van der Waals surface area contributed by atoms with Crippen molar-refractivity contribution in [2.45, 2.75) is 51.9 Å². The Morgan fingerprint density at radius 3 is 2.29 bits per heavy atom. The highest BCUT2D eigenvalue weighted by molar-refractivity contribution is 6.00. The zero-order valence-corrected chi connectivity index (χ0v) is 20.9. The van der Waals surface area contributed by atoms with Crippen molar-refractivity contribution in [2.75, 3.05) is 12.4 Å². The van der Waals surface area contributed by atoms with E-state index in [0.717, 1.165) is 17.7 Å². The molecular formula is C25H31ClF2N4O3. The van der Waals surface area contributed by atoms with Crippen LogP contribution in [0.15, 0.2) is 42.5 Å². The molecule has 1 aliphatic rings. The topological polar surface area (TPSA) is 90.5 Å². The molecule has 35 heavy (non-hydrogen) atoms. The fraction of sp³-hybridized carbons (Fsp3) is 0.400. The van der Waals surface area contributed by atoms with E-state index in [-0.39, 0.29) is 30.8 Å². The third-order valence-corrected chi connectivity index (χ3v) is 6.35. The Bertz CT molecular complexity index is 1060. The van der Waals surface area contributed by atoms with Gasteiger partial charge in [0.2, 0.25) is 11.8 Å². The van der Waals surface area contributed by atoms with Gasteiger partial charge in [0.25, 0.3) is 5.91 Å². The molecule has 3 amide bonds. The van der Waals surface area contributed by atoms with Crippen molar-refractivity contribution in [1.29, 1.82) is 0 Å². The summed E-state index contributed by atoms with van der Waals surface area (Å²) in [6, 6.07) is 7.83. The molecule has 0 radical (unpaired) electrons. The molecule has 2 aromatic carbocycles. The maximum absolute atomic E-state index is 14.2. The molecular weight excluding hydrogens is 478 g/mol. The molecule has 0 fully saturated rings. The Balaban J connectivity index is 0.00000432. The molecule has 0 spiro atoms. The van der Waals surface area contributed by atoms with Crippen molar-refractivity contribution in [1.82, 2.24) is 15.5 Å². The van der Waals surface area contributed by atoms with Gasteiger partial charge in [-0.1, -0.05) is 50.6 Å². The summed E-state index contributed by atoms with van der Waals surface area (Å²) >= 11 is 0. The first-order chi connectivity index (χ1) is 16.2. The summed E-state index contributed by atoms with van der Waals surface area (Å²) in [4.78, 5) is 41.0. The fourth-order valence-electron chi connectivity index (χ4n) is 3.96. The van der Waals surface area contributed by atoms with E-state index in [1.54, 1.807) is 38.2 Å². The molecule has 7 nitrogen and oxygen atoms in total. The van der Waals surface area contributed by atoms with E-state index in [1.807, 2.05) is 13.8 Å². The van der Waals surface area contributed by atoms with Gasteiger partial charge in [0.15, 0.2) is 0 Å². The van der Waals surface area contributed by atoms with E-state index in [4.69, 9.17) is 0 Å². The summed E-state index contributed by atoms with van der Waals surface area (Å²) in [6.45, 7) is 5.57. The lowest BCUT2D eigenvalue weighted by Crippen LogP contribution is -2.55. The maximum atomic E-state index is 14.2. The van der Waals surface area contributed by atoms with Gasteiger partial charge in [0.05, 0.1) is 6.04 Å². The van der Waals surface area contributed by atoms with Crippen LogP contribution in [0.1, 0.15) is 44.4 Å². The molecule has 3 rings (SSSR count). The minimum atomic E-state index is -1.10. The number of benzene rings is 2. The van der Waals surface area contributed by atoms with E-state index in [2.05, 4.69) is 16.0 Å². The van der Waals surface area contributed by atoms with E-state index in [0.29, 0.717) is 12.0 Å². The van der Waals surface area contributed by atoms with Crippen LogP contribution in [0.3, 0.4) is 0 Å². The largest absolute Gasteiger partial charge is 0.343 e. The quantitative estimate of drug-likeness (QED) is 0.508. The Hall–Kier alpha value is -3.04. The normalized spacial score (nSPS) is 17.0. The predicted molar refractivity (Wildman–Crippen MR) is 132 cm³/mol. The standard InChI is InChI=1S/C25H30F2N4O3.ClH/c1-5-14(2)20(29-23(32)15(3)28-4)25(34)31-13-16-9-6-7-10-17(16)22(31)24(33)30-21-18(26)11-8-12-19(21)27;/h6-12,14-15,20,22,28H,5,13H2,1-4H3,(H,29,32)(H,30,33);1H/t14-,15-,20-,22-;/m0./s1. The first-order valence-electron chi connectivity index (χ1n) is 11.3. The minimum Gasteiger partial charge on any atom is -0.343 e. The summed E-state index contributed by atoms with van der Waals surface area (Å²) in [6.07, 6.45) is 0.614. The number of hydrogen-bond acceptors (Lipinski definition) is 4. The molecule has 190 valence electrons. The maximum Gasteiger partial charge on any atom is 0.252 e. The van der Waals surface area contributed by atoms with Gasteiger partial charge in [-0.3, -0.25) is 14.4 Å². The first kappa shape index (κ1) is 28.2. The van der Waals surface area contributed by atoms with Crippen molar-refractivity contribution < 1.29 is 23.2 Å². The SMILES string of the molecule is CC[C@H](C)[C@H](NC(=O)[C@H](C)NC)C(=O)N1Cc2ccccc2[C@H]1C(=O)Nc1c(F)cccc1F.Cl. The lowest BCUT2D eigenvalue weighted by Gasteiger charge is -2.32. The number of amides is 3. The molecule has 0 saturated heterocycles. The molecule has 4 atom stereocenters. The monoisotopic (exact) mass is 508 g/mol. The van der Waals surface area contributed by atoms with Gasteiger partial charge in [0, 0.05) is 6.54 Å². The molecule has 1 aliphatic heterocycles. The molecule has 3 N–H and O–H groups in total. The van der Waals surface area contributed by atoms with Gasteiger partial charge in [-0.05, 0) is 43.1 Å². The highest BCUT2D eigenvalue weighted by Gasteiger charge is 2.42. The highest BCUT2D eigenvalue weighted by Crippen LogP contribution is 2.36.